The smallest absolute Gasteiger partial charge is 0.320 e. The van der Waals surface area contributed by atoms with Crippen LogP contribution in [0.25, 0.3) is 0 Å². The molecule has 0 amide bonds. The van der Waals surface area contributed by atoms with Gasteiger partial charge in [-0.15, -0.1) is 0 Å². The molecule has 1 aliphatic heterocycles. The molecule has 8 heteroatoms. The second-order valence-electron chi connectivity index (χ2n) is 6.31. The SMILES string of the molecule is NCCCCC1(C(=O)O)CN(Cc2ccccc2F)CCP1(=O)O. The Hall–Kier alpha value is -1.27. The molecule has 1 saturated heterocycles. The Morgan fingerprint density at radius 1 is 1.38 bits per heavy atom. The van der Waals surface area contributed by atoms with Crippen LogP contribution in [0.5, 0.6) is 0 Å². The van der Waals surface area contributed by atoms with Crippen molar-refractivity contribution in [2.75, 3.05) is 25.8 Å². The molecule has 0 spiro atoms. The molecule has 0 aromatic heterocycles. The molecular weight excluding hydrogens is 334 g/mol. The van der Waals surface area contributed by atoms with E-state index in [0.717, 1.165) is 0 Å². The fraction of sp³-hybridized carbons (Fsp3) is 0.562. The van der Waals surface area contributed by atoms with Crippen LogP contribution >= 0.6 is 7.37 Å². The summed E-state index contributed by atoms with van der Waals surface area (Å²) in [5.74, 6) is -1.62. The fourth-order valence-corrected chi connectivity index (χ4v) is 5.40. The summed E-state index contributed by atoms with van der Waals surface area (Å²) >= 11 is 0. The summed E-state index contributed by atoms with van der Waals surface area (Å²) in [6, 6.07) is 6.29. The van der Waals surface area contributed by atoms with Crippen LogP contribution in [0, 0.1) is 5.82 Å². The number of hydrogen-bond donors (Lipinski definition) is 3. The minimum atomic E-state index is -3.85. The van der Waals surface area contributed by atoms with Crippen molar-refractivity contribution in [3.05, 3.63) is 35.6 Å². The van der Waals surface area contributed by atoms with Crippen LogP contribution in [0.15, 0.2) is 24.3 Å². The number of nitrogens with two attached hydrogens (primary N) is 1. The number of carboxylic acids is 1. The van der Waals surface area contributed by atoms with E-state index in [9.17, 15) is 23.7 Å². The predicted octanol–water partition coefficient (Wildman–Crippen LogP) is 1.86. The molecule has 2 atom stereocenters. The lowest BCUT2D eigenvalue weighted by molar-refractivity contribution is -0.141. The van der Waals surface area contributed by atoms with E-state index in [1.807, 2.05) is 0 Å². The molecule has 0 saturated carbocycles. The second-order valence-corrected chi connectivity index (χ2v) is 9.02. The molecule has 1 aromatic rings. The Balaban J connectivity index is 2.22. The minimum Gasteiger partial charge on any atom is -0.480 e. The van der Waals surface area contributed by atoms with Gasteiger partial charge in [0.25, 0.3) is 0 Å². The van der Waals surface area contributed by atoms with E-state index < -0.39 is 18.5 Å². The van der Waals surface area contributed by atoms with Crippen LogP contribution in [-0.4, -0.2) is 51.8 Å². The summed E-state index contributed by atoms with van der Waals surface area (Å²) in [5, 5.41) is 8.00. The number of halogens is 1. The highest BCUT2D eigenvalue weighted by Crippen LogP contribution is 2.59. The standard InChI is InChI=1S/C16H24FN2O4P/c17-14-6-2-1-5-13(14)11-19-9-10-24(22,23)16(12-19,15(20)21)7-3-4-8-18/h1-2,5-6H,3-4,7-12,18H2,(H,20,21)(H,22,23). The van der Waals surface area contributed by atoms with Crippen molar-refractivity contribution in [3.8, 4) is 0 Å². The topological polar surface area (TPSA) is 104 Å². The molecule has 1 heterocycles. The Morgan fingerprint density at radius 2 is 2.08 bits per heavy atom. The maximum atomic E-state index is 13.8. The van der Waals surface area contributed by atoms with E-state index in [1.54, 1.807) is 23.1 Å². The molecule has 24 heavy (non-hydrogen) atoms. The number of nitrogens with zero attached hydrogens (tertiary/aromatic N) is 1. The number of hydrogen-bond acceptors (Lipinski definition) is 4. The van der Waals surface area contributed by atoms with Gasteiger partial charge in [-0.25, -0.2) is 4.39 Å². The lowest BCUT2D eigenvalue weighted by Gasteiger charge is -2.43. The summed E-state index contributed by atoms with van der Waals surface area (Å²) in [6.07, 6.45) is 1.07. The molecule has 2 unspecified atom stereocenters. The van der Waals surface area contributed by atoms with Crippen molar-refractivity contribution >= 4 is 13.3 Å². The summed E-state index contributed by atoms with van der Waals surface area (Å²) in [7, 11) is -3.85. The number of rotatable bonds is 7. The Labute approximate surface area is 140 Å². The van der Waals surface area contributed by atoms with Crippen LogP contribution in [0.1, 0.15) is 24.8 Å². The quantitative estimate of drug-likeness (QED) is 0.508. The number of carbonyl (C=O) groups is 1. The first kappa shape index (κ1) is 19.1. The highest BCUT2D eigenvalue weighted by Gasteiger charge is 2.56. The third kappa shape index (κ3) is 3.86. The molecule has 1 fully saturated rings. The third-order valence-corrected chi connectivity index (χ3v) is 7.37. The van der Waals surface area contributed by atoms with Gasteiger partial charge in [0, 0.05) is 31.4 Å². The van der Waals surface area contributed by atoms with Crippen molar-refractivity contribution in [2.45, 2.75) is 31.0 Å². The van der Waals surface area contributed by atoms with E-state index in [-0.39, 0.29) is 38.0 Å². The van der Waals surface area contributed by atoms with Gasteiger partial charge in [0.15, 0.2) is 5.16 Å². The van der Waals surface area contributed by atoms with Crippen molar-refractivity contribution in [1.82, 2.24) is 4.90 Å². The van der Waals surface area contributed by atoms with Gasteiger partial charge in [0.1, 0.15) is 5.82 Å². The van der Waals surface area contributed by atoms with Gasteiger partial charge in [-0.1, -0.05) is 24.6 Å². The molecule has 0 aliphatic carbocycles. The minimum absolute atomic E-state index is 0.0605. The largest absolute Gasteiger partial charge is 0.480 e. The zero-order chi connectivity index (χ0) is 17.8. The maximum Gasteiger partial charge on any atom is 0.320 e. The van der Waals surface area contributed by atoms with Gasteiger partial charge in [-0.3, -0.25) is 14.3 Å². The Morgan fingerprint density at radius 3 is 2.71 bits per heavy atom. The lowest BCUT2D eigenvalue weighted by atomic mass is 9.99. The Bertz CT molecular complexity index is 642. The van der Waals surface area contributed by atoms with E-state index >= 15 is 0 Å². The highest BCUT2D eigenvalue weighted by atomic mass is 31.2. The van der Waals surface area contributed by atoms with Crippen LogP contribution in [-0.2, 0) is 15.9 Å². The first-order valence-corrected chi connectivity index (χ1v) is 9.88. The van der Waals surface area contributed by atoms with Gasteiger partial charge < -0.3 is 15.7 Å². The Kier molecular flexibility index (Phi) is 6.15. The van der Waals surface area contributed by atoms with E-state index in [1.165, 1.54) is 6.07 Å². The second kappa shape index (κ2) is 7.74. The number of benzene rings is 1. The molecule has 6 nitrogen and oxygen atoms in total. The summed E-state index contributed by atoms with van der Waals surface area (Å²) in [4.78, 5) is 24.0. The number of carboxylic acid groups (broad SMARTS) is 1. The fourth-order valence-electron chi connectivity index (χ4n) is 3.19. The van der Waals surface area contributed by atoms with Crippen molar-refractivity contribution in [3.63, 3.8) is 0 Å². The summed E-state index contributed by atoms with van der Waals surface area (Å²) in [5.41, 5.74) is 5.90. The number of aliphatic carboxylic acids is 1. The molecule has 4 N–H and O–H groups in total. The molecule has 1 aliphatic rings. The molecule has 0 bridgehead atoms. The van der Waals surface area contributed by atoms with Crippen molar-refractivity contribution < 1.29 is 23.7 Å². The average molecular weight is 358 g/mol. The zero-order valence-corrected chi connectivity index (χ0v) is 14.4. The van der Waals surface area contributed by atoms with Gasteiger partial charge in [0.2, 0.25) is 7.37 Å². The predicted molar refractivity (Wildman–Crippen MR) is 89.6 cm³/mol. The zero-order valence-electron chi connectivity index (χ0n) is 13.5. The van der Waals surface area contributed by atoms with Crippen molar-refractivity contribution in [2.24, 2.45) is 5.73 Å². The average Bonchev–Trinajstić information content (AvgIpc) is 2.52. The van der Waals surface area contributed by atoms with E-state index in [4.69, 9.17) is 5.73 Å². The normalized spacial score (nSPS) is 28.0. The van der Waals surface area contributed by atoms with E-state index in [2.05, 4.69) is 0 Å². The lowest BCUT2D eigenvalue weighted by Crippen LogP contribution is -2.54. The van der Waals surface area contributed by atoms with Crippen LogP contribution < -0.4 is 5.73 Å². The van der Waals surface area contributed by atoms with Crippen LogP contribution in [0.3, 0.4) is 0 Å². The first-order chi connectivity index (χ1) is 11.3. The van der Waals surface area contributed by atoms with Gasteiger partial charge in [-0.05, 0) is 25.5 Å². The molecule has 1 aromatic carbocycles. The summed E-state index contributed by atoms with van der Waals surface area (Å²) in [6.45, 7) is 0.839. The first-order valence-electron chi connectivity index (χ1n) is 8.03. The van der Waals surface area contributed by atoms with Crippen LogP contribution in [0.4, 0.5) is 4.39 Å². The van der Waals surface area contributed by atoms with Gasteiger partial charge in [0.05, 0.1) is 0 Å². The molecule has 134 valence electrons. The monoisotopic (exact) mass is 358 g/mol. The summed E-state index contributed by atoms with van der Waals surface area (Å²) < 4.78 is 26.5. The van der Waals surface area contributed by atoms with Crippen molar-refractivity contribution in [1.29, 1.82) is 0 Å². The van der Waals surface area contributed by atoms with Crippen LogP contribution in [0.2, 0.25) is 0 Å². The molecule has 0 radical (unpaired) electrons. The van der Waals surface area contributed by atoms with E-state index in [0.29, 0.717) is 24.9 Å². The molecule has 2 rings (SSSR count). The molecular formula is C16H24FN2O4P. The third-order valence-electron chi connectivity index (χ3n) is 4.67. The van der Waals surface area contributed by atoms with Gasteiger partial charge in [-0.2, -0.15) is 0 Å². The maximum absolute atomic E-state index is 13.8. The number of unbranched alkanes of at least 4 members (excludes halogenated alkanes) is 1. The van der Waals surface area contributed by atoms with Gasteiger partial charge >= 0.3 is 5.97 Å². The highest BCUT2D eigenvalue weighted by molar-refractivity contribution is 7.61.